The van der Waals surface area contributed by atoms with Gasteiger partial charge in [0.25, 0.3) is 0 Å². The molecule has 0 bridgehead atoms. The minimum absolute atomic E-state index is 0.637. The number of rotatable bonds is 8. The van der Waals surface area contributed by atoms with Crippen LogP contribution in [0.1, 0.15) is 22.3 Å². The first-order chi connectivity index (χ1) is 42.2. The molecule has 0 fully saturated rings. The summed E-state index contributed by atoms with van der Waals surface area (Å²) in [5.41, 5.74) is 23.7. The van der Waals surface area contributed by atoms with Crippen LogP contribution < -0.4 is 9.80 Å². The molecule has 14 aromatic carbocycles. The van der Waals surface area contributed by atoms with Crippen LogP contribution in [0.5, 0.6) is 0 Å². The van der Waals surface area contributed by atoms with Crippen molar-refractivity contribution in [3.63, 3.8) is 0 Å². The molecule has 85 heavy (non-hydrogen) atoms. The zero-order valence-corrected chi connectivity index (χ0v) is 46.1. The summed E-state index contributed by atoms with van der Waals surface area (Å²) in [7, 11) is 0. The number of hydrogen-bond donors (Lipinski definition) is 0. The van der Waals surface area contributed by atoms with Crippen molar-refractivity contribution in [2.45, 2.75) is 5.41 Å². The molecule has 2 aromatic heterocycles. The zero-order chi connectivity index (χ0) is 55.7. The first-order valence-corrected chi connectivity index (χ1v) is 29.2. The van der Waals surface area contributed by atoms with Crippen LogP contribution in [0.15, 0.2) is 312 Å². The van der Waals surface area contributed by atoms with Gasteiger partial charge < -0.3 is 18.6 Å². The minimum atomic E-state index is -0.637. The van der Waals surface area contributed by atoms with Crippen LogP contribution >= 0.6 is 0 Å². The molecule has 2 aliphatic rings. The predicted octanol–water partition coefficient (Wildman–Crippen LogP) is 22.4. The molecular formula is C81H50N2O2. The maximum Gasteiger partial charge on any atom is 0.159 e. The van der Waals surface area contributed by atoms with Crippen LogP contribution in [-0.2, 0) is 5.41 Å². The van der Waals surface area contributed by atoms with Gasteiger partial charge in [-0.1, -0.05) is 231 Å². The van der Waals surface area contributed by atoms with Crippen molar-refractivity contribution in [3.05, 3.63) is 326 Å². The van der Waals surface area contributed by atoms with Crippen molar-refractivity contribution < 1.29 is 8.83 Å². The van der Waals surface area contributed by atoms with Gasteiger partial charge in [-0.25, -0.2) is 0 Å². The van der Waals surface area contributed by atoms with E-state index in [9.17, 15) is 0 Å². The van der Waals surface area contributed by atoms with E-state index in [1.807, 2.05) is 12.1 Å². The van der Waals surface area contributed by atoms with E-state index in [1.54, 1.807) is 0 Å². The number of anilines is 6. The lowest BCUT2D eigenvalue weighted by molar-refractivity contribution is 0.668. The quantitative estimate of drug-likeness (QED) is 0.152. The second-order valence-corrected chi connectivity index (χ2v) is 22.6. The van der Waals surface area contributed by atoms with E-state index in [-0.39, 0.29) is 0 Å². The van der Waals surface area contributed by atoms with E-state index in [0.717, 1.165) is 111 Å². The van der Waals surface area contributed by atoms with Crippen molar-refractivity contribution in [1.29, 1.82) is 0 Å². The SMILES string of the molecule is c1ccc(-c2ccccc2N(c2ccc3cc4c(cc3c2)C2(c3ccccc3-c3ccccc32)c2c-4ccc3cc(N(c4ccccc4-c4ccccc4)c4cccc5c4oc4ccccc45)ccc23)c2cccc3c2oc2ccccc23)cc1. The highest BCUT2D eigenvalue weighted by atomic mass is 16.3. The summed E-state index contributed by atoms with van der Waals surface area (Å²) in [4.78, 5) is 4.82. The molecule has 0 aliphatic heterocycles. The lowest BCUT2D eigenvalue weighted by Crippen LogP contribution is -2.26. The van der Waals surface area contributed by atoms with E-state index in [4.69, 9.17) is 8.83 Å². The fourth-order valence-electron chi connectivity index (χ4n) is 14.7. The van der Waals surface area contributed by atoms with Gasteiger partial charge in [0.2, 0.25) is 0 Å². The Morgan fingerprint density at radius 2 is 0.694 bits per heavy atom. The number of furan rings is 2. The standard InChI is InChI=1S/C81H50N2O2/c1-3-21-51(22-4-1)58-25-9-15-35-72(58)82(74-37-19-31-66-63-29-11-17-39-76(63)84-79(66)74)56-43-41-53-49-68-65-45-42-54-47-57(44-46-60(54)78(65)81(71(68)50-55(53)48-56)69-33-13-7-27-61(69)62-28-8-14-34-70(62)81)83(73-36-16-10-26-59(73)52-23-5-2-6-24-52)75-38-20-32-67-64-30-12-18-40-77(64)85-80(67)75/h1-50H. The van der Waals surface area contributed by atoms with Crippen molar-refractivity contribution in [2.24, 2.45) is 0 Å². The van der Waals surface area contributed by atoms with Crippen LogP contribution in [0, 0.1) is 0 Å². The maximum atomic E-state index is 6.87. The molecule has 18 rings (SSSR count). The topological polar surface area (TPSA) is 32.8 Å². The Morgan fingerprint density at radius 3 is 1.27 bits per heavy atom. The Morgan fingerprint density at radius 1 is 0.247 bits per heavy atom. The maximum absolute atomic E-state index is 6.87. The molecule has 16 aromatic rings. The van der Waals surface area contributed by atoms with Crippen LogP contribution in [0.2, 0.25) is 0 Å². The molecule has 0 atom stereocenters. The molecule has 2 heterocycles. The summed E-state index contributed by atoms with van der Waals surface area (Å²) >= 11 is 0. The molecule has 396 valence electrons. The molecule has 0 amide bonds. The van der Waals surface area contributed by atoms with E-state index >= 15 is 0 Å². The third-order valence-corrected chi connectivity index (χ3v) is 18.2. The van der Waals surface area contributed by atoms with E-state index in [0.29, 0.717) is 0 Å². The smallest absolute Gasteiger partial charge is 0.159 e. The van der Waals surface area contributed by atoms with Crippen molar-refractivity contribution >= 4 is 99.5 Å². The van der Waals surface area contributed by atoms with Gasteiger partial charge in [0.1, 0.15) is 11.2 Å². The number of hydrogen-bond acceptors (Lipinski definition) is 4. The van der Waals surface area contributed by atoms with Gasteiger partial charge in [-0.2, -0.15) is 0 Å². The normalized spacial score (nSPS) is 12.8. The largest absolute Gasteiger partial charge is 0.454 e. The summed E-state index contributed by atoms with van der Waals surface area (Å²) < 4.78 is 13.7. The van der Waals surface area contributed by atoms with Crippen LogP contribution in [0.3, 0.4) is 0 Å². The third kappa shape index (κ3) is 6.91. The Labute approximate surface area is 490 Å². The molecular weight excluding hydrogens is 1030 g/mol. The average Bonchev–Trinajstić information content (AvgIpc) is 1.55. The average molecular weight is 1080 g/mol. The molecule has 2 aliphatic carbocycles. The molecule has 0 saturated carbocycles. The molecule has 0 unspecified atom stereocenters. The predicted molar refractivity (Wildman–Crippen MR) is 353 cm³/mol. The van der Waals surface area contributed by atoms with Gasteiger partial charge in [-0.15, -0.1) is 0 Å². The van der Waals surface area contributed by atoms with Gasteiger partial charge in [-0.05, 0) is 150 Å². The van der Waals surface area contributed by atoms with Crippen molar-refractivity contribution in [1.82, 2.24) is 0 Å². The van der Waals surface area contributed by atoms with Gasteiger partial charge in [0.05, 0.1) is 28.2 Å². The van der Waals surface area contributed by atoms with Crippen LogP contribution in [0.25, 0.3) is 110 Å². The summed E-state index contributed by atoms with van der Waals surface area (Å²) in [6, 6.07) is 111. The molecule has 0 radical (unpaired) electrons. The van der Waals surface area contributed by atoms with E-state index in [2.05, 4.69) is 301 Å². The molecule has 4 heteroatoms. The fraction of sp³-hybridized carbons (Fsp3) is 0.0123. The second kappa shape index (κ2) is 18.4. The Kier molecular flexibility index (Phi) is 10.3. The van der Waals surface area contributed by atoms with Crippen molar-refractivity contribution in [2.75, 3.05) is 9.80 Å². The molecule has 0 saturated heterocycles. The molecule has 1 spiro atoms. The summed E-state index contributed by atoms with van der Waals surface area (Å²) in [5, 5.41) is 9.07. The third-order valence-electron chi connectivity index (χ3n) is 18.2. The minimum Gasteiger partial charge on any atom is -0.454 e. The lowest BCUT2D eigenvalue weighted by atomic mass is 9.69. The highest BCUT2D eigenvalue weighted by molar-refractivity contribution is 6.14. The Bertz CT molecular complexity index is 5360. The summed E-state index contributed by atoms with van der Waals surface area (Å²) in [5.74, 6) is 0. The monoisotopic (exact) mass is 1080 g/mol. The van der Waals surface area contributed by atoms with Gasteiger partial charge in [0, 0.05) is 44.0 Å². The van der Waals surface area contributed by atoms with Crippen LogP contribution in [-0.4, -0.2) is 0 Å². The molecule has 4 nitrogen and oxygen atoms in total. The first kappa shape index (κ1) is 47.4. The number of benzene rings is 14. The lowest BCUT2D eigenvalue weighted by Gasteiger charge is -2.32. The van der Waals surface area contributed by atoms with Crippen molar-refractivity contribution in [3.8, 4) is 44.5 Å². The Hall–Kier alpha value is -11.2. The number of para-hydroxylation sites is 6. The van der Waals surface area contributed by atoms with Gasteiger partial charge in [0.15, 0.2) is 11.2 Å². The highest BCUT2D eigenvalue weighted by Gasteiger charge is 2.52. The van der Waals surface area contributed by atoms with Gasteiger partial charge >= 0.3 is 0 Å². The zero-order valence-electron chi connectivity index (χ0n) is 46.1. The number of nitrogens with zero attached hydrogens (tertiary/aromatic N) is 2. The van der Waals surface area contributed by atoms with Gasteiger partial charge in [-0.3, -0.25) is 0 Å². The van der Waals surface area contributed by atoms with Crippen LogP contribution in [0.4, 0.5) is 34.1 Å². The fourth-order valence-corrected chi connectivity index (χ4v) is 14.7. The second-order valence-electron chi connectivity index (χ2n) is 22.6. The first-order valence-electron chi connectivity index (χ1n) is 29.2. The highest BCUT2D eigenvalue weighted by Crippen LogP contribution is 2.65. The summed E-state index contributed by atoms with van der Waals surface area (Å²) in [6.45, 7) is 0. The number of fused-ring (bicyclic) bond motifs is 19. The Balaban J connectivity index is 0.870. The van der Waals surface area contributed by atoms with E-state index in [1.165, 1.54) is 55.3 Å². The van der Waals surface area contributed by atoms with E-state index < -0.39 is 5.41 Å². The summed E-state index contributed by atoms with van der Waals surface area (Å²) in [6.07, 6.45) is 0. The molecule has 0 N–H and O–H groups in total.